The van der Waals surface area contributed by atoms with E-state index in [2.05, 4.69) is 26.4 Å². The Morgan fingerprint density at radius 2 is 1.78 bits per heavy atom. The Morgan fingerprint density at radius 3 is 2.50 bits per heavy atom. The summed E-state index contributed by atoms with van der Waals surface area (Å²) in [6.07, 6.45) is 4.92. The number of piperidine rings is 1. The van der Waals surface area contributed by atoms with E-state index in [4.69, 9.17) is 10.5 Å². The summed E-state index contributed by atoms with van der Waals surface area (Å²) in [6.45, 7) is 6.43. The number of anilines is 2. The molecule has 5 heterocycles. The zero-order chi connectivity index (χ0) is 31.9. The standard InChI is InChI=1S/C34H38N8O4/c1-21(2)33(44)39-14-12-24(13-15-39)40-18-26(28-30(35)36-20-37-31(28)40)22-8-10-23(11-9-22)38-32(43)29-27-19-46-17-16-41(27)42(34(29)45)25-6-4-3-5-7-25/h3-11,18,20-21,24,30H,12-17,19,35H2,1-2H3,(H,36,37)(H,38,43). The monoisotopic (exact) mass is 622 g/mol. The molecule has 1 saturated heterocycles. The topological polar surface area (TPSA) is 141 Å². The average Bonchev–Trinajstić information content (AvgIpc) is 3.61. The summed E-state index contributed by atoms with van der Waals surface area (Å²) < 4.78 is 11.3. The summed E-state index contributed by atoms with van der Waals surface area (Å²) in [6, 6.07) is 17.0. The summed E-state index contributed by atoms with van der Waals surface area (Å²) in [4.78, 5) is 46.0. The predicted octanol–water partition coefficient (Wildman–Crippen LogP) is 4.12. The number of hydrogen-bond donors (Lipinski definition) is 3. The number of rotatable bonds is 6. The van der Waals surface area contributed by atoms with Crippen molar-refractivity contribution in [2.75, 3.05) is 30.3 Å². The third-order valence-electron chi connectivity index (χ3n) is 9.08. The summed E-state index contributed by atoms with van der Waals surface area (Å²) in [5, 5.41) is 6.23. The number of nitrogens with two attached hydrogens (primary N) is 1. The van der Waals surface area contributed by atoms with Gasteiger partial charge >= 0.3 is 0 Å². The molecular formula is C34H38N8O4. The number of likely N-dealkylation sites (tertiary alicyclic amines) is 1. The Bertz CT molecular complexity index is 1860. The van der Waals surface area contributed by atoms with E-state index in [1.807, 2.05) is 78.0 Å². The molecule has 0 bridgehead atoms. The Kier molecular flexibility index (Phi) is 7.83. The van der Waals surface area contributed by atoms with Gasteiger partial charge in [-0.1, -0.05) is 44.2 Å². The van der Waals surface area contributed by atoms with E-state index in [1.165, 1.54) is 0 Å². The second-order valence-electron chi connectivity index (χ2n) is 12.3. The number of ether oxygens (including phenoxy) is 1. The van der Waals surface area contributed by atoms with Crippen LogP contribution in [0.25, 0.3) is 16.8 Å². The molecule has 1 unspecified atom stereocenters. The van der Waals surface area contributed by atoms with E-state index in [0.717, 1.165) is 35.3 Å². The molecule has 0 spiro atoms. The second kappa shape index (κ2) is 12.1. The normalized spacial score (nSPS) is 17.8. The van der Waals surface area contributed by atoms with Gasteiger partial charge in [-0.25, -0.2) is 4.68 Å². The zero-order valence-corrected chi connectivity index (χ0v) is 26.0. The summed E-state index contributed by atoms with van der Waals surface area (Å²) in [5.41, 5.74) is 10.8. The van der Waals surface area contributed by atoms with Gasteiger partial charge in [0, 0.05) is 48.1 Å². The molecule has 2 aromatic carbocycles. The first-order chi connectivity index (χ1) is 22.3. The molecule has 46 heavy (non-hydrogen) atoms. The fourth-order valence-corrected chi connectivity index (χ4v) is 6.76. The van der Waals surface area contributed by atoms with E-state index in [0.29, 0.717) is 43.3 Å². The van der Waals surface area contributed by atoms with Crippen LogP contribution in [0.4, 0.5) is 11.5 Å². The zero-order valence-electron chi connectivity index (χ0n) is 26.0. The number of nitrogens with one attached hydrogen (secondary N) is 2. The first kappa shape index (κ1) is 29.8. The van der Waals surface area contributed by atoms with Gasteiger partial charge < -0.3 is 30.6 Å². The molecule has 4 aromatic rings. The number of carbonyl (C=O) groups is 2. The minimum Gasteiger partial charge on any atom is -0.373 e. The highest BCUT2D eigenvalue weighted by atomic mass is 16.5. The van der Waals surface area contributed by atoms with Crippen molar-refractivity contribution in [2.24, 2.45) is 16.6 Å². The number of benzene rings is 2. The first-order valence-corrected chi connectivity index (χ1v) is 15.8. The van der Waals surface area contributed by atoms with Crippen LogP contribution in [0.2, 0.25) is 0 Å². The summed E-state index contributed by atoms with van der Waals surface area (Å²) in [7, 11) is 0. The van der Waals surface area contributed by atoms with Crippen molar-refractivity contribution in [1.82, 2.24) is 18.8 Å². The second-order valence-corrected chi connectivity index (χ2v) is 12.3. The molecule has 4 N–H and O–H groups in total. The molecule has 238 valence electrons. The van der Waals surface area contributed by atoms with Crippen LogP contribution in [0.1, 0.15) is 60.5 Å². The van der Waals surface area contributed by atoms with E-state index in [-0.39, 0.29) is 35.6 Å². The lowest BCUT2D eigenvalue weighted by molar-refractivity contribution is -0.135. The average molecular weight is 623 g/mol. The van der Waals surface area contributed by atoms with Crippen LogP contribution in [-0.2, 0) is 22.7 Å². The van der Waals surface area contributed by atoms with Crippen LogP contribution < -0.4 is 21.9 Å². The number of aromatic nitrogens is 3. The van der Waals surface area contributed by atoms with Gasteiger partial charge in [0.05, 0.1) is 37.5 Å². The van der Waals surface area contributed by atoms with Crippen molar-refractivity contribution >= 4 is 29.7 Å². The molecule has 0 aliphatic carbocycles. The highest BCUT2D eigenvalue weighted by Crippen LogP contribution is 2.41. The fourth-order valence-electron chi connectivity index (χ4n) is 6.76. The maximum absolute atomic E-state index is 13.6. The molecule has 0 radical (unpaired) electrons. The number of aliphatic imine (C=N–C) groups is 1. The molecular weight excluding hydrogens is 584 g/mol. The quantitative estimate of drug-likeness (QED) is 0.296. The third kappa shape index (κ3) is 5.23. The van der Waals surface area contributed by atoms with Crippen LogP contribution in [0.3, 0.4) is 0 Å². The molecule has 3 aliphatic heterocycles. The molecule has 12 heteroatoms. The van der Waals surface area contributed by atoms with Crippen molar-refractivity contribution < 1.29 is 14.3 Å². The van der Waals surface area contributed by atoms with E-state index >= 15 is 0 Å². The van der Waals surface area contributed by atoms with E-state index in [1.54, 1.807) is 11.0 Å². The Hall–Kier alpha value is -4.94. The molecule has 3 aliphatic rings. The first-order valence-electron chi connectivity index (χ1n) is 15.8. The number of amides is 2. The van der Waals surface area contributed by atoms with Crippen molar-refractivity contribution in [2.45, 2.75) is 52.0 Å². The van der Waals surface area contributed by atoms with Gasteiger partial charge in [0.15, 0.2) is 0 Å². The Morgan fingerprint density at radius 1 is 1.04 bits per heavy atom. The van der Waals surface area contributed by atoms with Crippen LogP contribution in [0.15, 0.2) is 70.6 Å². The van der Waals surface area contributed by atoms with Gasteiger partial charge in [-0.2, -0.15) is 0 Å². The lowest BCUT2D eigenvalue weighted by atomic mass is 10.0. The van der Waals surface area contributed by atoms with E-state index < -0.39 is 12.1 Å². The lowest BCUT2D eigenvalue weighted by Gasteiger charge is -2.34. The molecule has 0 saturated carbocycles. The molecule has 2 aromatic heterocycles. The highest BCUT2D eigenvalue weighted by Gasteiger charge is 2.31. The Balaban J connectivity index is 1.14. The van der Waals surface area contributed by atoms with Crippen molar-refractivity contribution in [3.8, 4) is 16.8 Å². The van der Waals surface area contributed by atoms with Gasteiger partial charge in [-0.15, -0.1) is 0 Å². The van der Waals surface area contributed by atoms with E-state index in [9.17, 15) is 14.4 Å². The minimum absolute atomic E-state index is 0.0120. The van der Waals surface area contributed by atoms with Crippen LogP contribution in [0.5, 0.6) is 0 Å². The molecule has 12 nitrogen and oxygen atoms in total. The minimum atomic E-state index is -0.524. The lowest BCUT2D eigenvalue weighted by Crippen LogP contribution is -2.41. The maximum atomic E-state index is 13.6. The molecule has 2 amide bonds. The van der Waals surface area contributed by atoms with Gasteiger partial charge in [0.2, 0.25) is 5.91 Å². The highest BCUT2D eigenvalue weighted by molar-refractivity contribution is 6.05. The maximum Gasteiger partial charge on any atom is 0.284 e. The molecule has 1 atom stereocenters. The van der Waals surface area contributed by atoms with Gasteiger partial charge in [-0.3, -0.25) is 24.1 Å². The largest absolute Gasteiger partial charge is 0.373 e. The SMILES string of the molecule is CC(C)C(=O)N1CCC(n2cc(-c3ccc(NC(=O)c4c5n(n(-c6ccccc6)c4=O)CCOC5)cc3)c3c2NC=NC3N)CC1. The molecule has 7 rings (SSSR count). The number of fused-ring (bicyclic) bond motifs is 2. The summed E-state index contributed by atoms with van der Waals surface area (Å²) >= 11 is 0. The summed E-state index contributed by atoms with van der Waals surface area (Å²) in [5.74, 6) is 0.620. The predicted molar refractivity (Wildman–Crippen MR) is 176 cm³/mol. The van der Waals surface area contributed by atoms with Crippen molar-refractivity contribution in [1.29, 1.82) is 0 Å². The number of nitrogens with zero attached hydrogens (tertiary/aromatic N) is 5. The van der Waals surface area contributed by atoms with Crippen molar-refractivity contribution in [3.05, 3.63) is 88.0 Å². The number of para-hydroxylation sites is 1. The number of hydrogen-bond acceptors (Lipinski definition) is 7. The van der Waals surface area contributed by atoms with Crippen LogP contribution in [-0.4, -0.2) is 56.7 Å². The molecule has 1 fully saturated rings. The van der Waals surface area contributed by atoms with Crippen LogP contribution in [0, 0.1) is 5.92 Å². The smallest absolute Gasteiger partial charge is 0.284 e. The Labute approximate surface area is 266 Å². The van der Waals surface area contributed by atoms with Gasteiger partial charge in [-0.05, 0) is 42.7 Å². The fraction of sp³-hybridized carbons (Fsp3) is 0.353. The third-order valence-corrected chi connectivity index (χ3v) is 9.08. The van der Waals surface area contributed by atoms with Gasteiger partial charge in [0.1, 0.15) is 17.5 Å². The number of carbonyl (C=O) groups excluding carboxylic acids is 2. The van der Waals surface area contributed by atoms with Gasteiger partial charge in [0.25, 0.3) is 11.5 Å². The van der Waals surface area contributed by atoms with Crippen LogP contribution >= 0.6 is 0 Å². The van der Waals surface area contributed by atoms with Crippen molar-refractivity contribution in [3.63, 3.8) is 0 Å².